The van der Waals surface area contributed by atoms with Gasteiger partial charge in [0.25, 0.3) is 5.91 Å². The number of aromatic nitrogens is 2. The van der Waals surface area contributed by atoms with Gasteiger partial charge in [-0.15, -0.1) is 0 Å². The lowest BCUT2D eigenvalue weighted by atomic mass is 9.93. The maximum Gasteiger partial charge on any atom is 0.254 e. The first-order valence-electron chi connectivity index (χ1n) is 8.82. The predicted molar refractivity (Wildman–Crippen MR) is 103 cm³/mol. The number of pyridine rings is 1. The van der Waals surface area contributed by atoms with Crippen LogP contribution in [0.5, 0.6) is 5.88 Å². The largest absolute Gasteiger partial charge is 0.474 e. The second-order valence-corrected chi connectivity index (χ2v) is 7.62. The lowest BCUT2D eigenvalue weighted by Crippen LogP contribution is -2.31. The summed E-state index contributed by atoms with van der Waals surface area (Å²) >= 11 is 1.46. The molecule has 2 heterocycles. The molecule has 0 saturated heterocycles. The van der Waals surface area contributed by atoms with E-state index in [4.69, 9.17) is 10.5 Å². The molecule has 8 heteroatoms. The first kappa shape index (κ1) is 17.7. The minimum atomic E-state index is -0.541. The molecule has 27 heavy (non-hydrogen) atoms. The molecule has 2 aromatic heterocycles. The molecule has 1 aromatic carbocycles. The molecule has 0 radical (unpaired) electrons. The van der Waals surface area contributed by atoms with Crippen molar-refractivity contribution in [3.8, 4) is 5.88 Å². The van der Waals surface area contributed by atoms with Gasteiger partial charge >= 0.3 is 0 Å². The molecular weight excluding hydrogens is 367 g/mol. The second-order valence-electron chi connectivity index (χ2n) is 6.59. The normalized spacial score (nSPS) is 19.7. The number of fused-ring (bicyclic) bond motifs is 1. The van der Waals surface area contributed by atoms with Gasteiger partial charge < -0.3 is 15.8 Å². The summed E-state index contributed by atoms with van der Waals surface area (Å²) < 4.78 is 20.1. The number of carbonyl (C=O) groups excluding carboxylic acids is 1. The Morgan fingerprint density at radius 1 is 1.26 bits per heavy atom. The number of nitrogens with one attached hydrogen (secondary N) is 1. The van der Waals surface area contributed by atoms with Crippen LogP contribution >= 0.6 is 11.3 Å². The quantitative estimate of drug-likeness (QED) is 0.697. The van der Waals surface area contributed by atoms with Crippen molar-refractivity contribution in [1.82, 2.24) is 9.97 Å². The van der Waals surface area contributed by atoms with Crippen LogP contribution in [0, 0.1) is 5.82 Å². The van der Waals surface area contributed by atoms with E-state index >= 15 is 0 Å². The Hall–Kier alpha value is -2.74. The van der Waals surface area contributed by atoms with Crippen molar-refractivity contribution in [1.29, 1.82) is 0 Å². The van der Waals surface area contributed by atoms with Crippen LogP contribution in [0.2, 0.25) is 0 Å². The maximum absolute atomic E-state index is 13.3. The van der Waals surface area contributed by atoms with Gasteiger partial charge in [0.1, 0.15) is 17.5 Å². The number of nitrogens with zero attached hydrogens (tertiary/aromatic N) is 2. The maximum atomic E-state index is 13.3. The van der Waals surface area contributed by atoms with Crippen molar-refractivity contribution >= 4 is 32.6 Å². The molecule has 0 bridgehead atoms. The van der Waals surface area contributed by atoms with Gasteiger partial charge in [-0.25, -0.2) is 14.4 Å². The van der Waals surface area contributed by atoms with Crippen LogP contribution in [0.3, 0.4) is 0 Å². The Morgan fingerprint density at radius 3 is 2.85 bits per heavy atom. The molecular formula is C19H19FN4O2S. The van der Waals surface area contributed by atoms with E-state index in [2.05, 4.69) is 15.3 Å². The van der Waals surface area contributed by atoms with E-state index in [0.29, 0.717) is 11.4 Å². The van der Waals surface area contributed by atoms with Crippen molar-refractivity contribution in [2.75, 3.05) is 5.32 Å². The zero-order chi connectivity index (χ0) is 18.8. The number of nitrogens with two attached hydrogens (primary N) is 1. The number of halogens is 1. The topological polar surface area (TPSA) is 90.1 Å². The fourth-order valence-electron chi connectivity index (χ4n) is 3.29. The first-order chi connectivity index (χ1) is 13.1. The van der Waals surface area contributed by atoms with Gasteiger partial charge in [-0.2, -0.15) is 0 Å². The van der Waals surface area contributed by atoms with Crippen molar-refractivity contribution in [2.24, 2.45) is 5.73 Å². The van der Waals surface area contributed by atoms with E-state index < -0.39 is 5.91 Å². The Balaban J connectivity index is 1.35. The molecule has 1 amide bonds. The molecule has 3 N–H and O–H groups in total. The van der Waals surface area contributed by atoms with Crippen LogP contribution in [0.4, 0.5) is 9.52 Å². The minimum Gasteiger partial charge on any atom is -0.474 e. The van der Waals surface area contributed by atoms with Gasteiger partial charge in [-0.05, 0) is 56.0 Å². The van der Waals surface area contributed by atoms with E-state index in [-0.39, 0.29) is 18.0 Å². The molecule has 1 fully saturated rings. The third-order valence-electron chi connectivity index (χ3n) is 4.67. The van der Waals surface area contributed by atoms with Crippen LogP contribution in [-0.4, -0.2) is 28.0 Å². The zero-order valence-electron chi connectivity index (χ0n) is 14.5. The van der Waals surface area contributed by atoms with Gasteiger partial charge in [0.05, 0.1) is 10.2 Å². The Labute approximate surface area is 159 Å². The number of amides is 1. The van der Waals surface area contributed by atoms with Crippen LogP contribution < -0.4 is 15.8 Å². The number of hydrogen-bond donors (Lipinski definition) is 2. The molecule has 1 saturated carbocycles. The monoisotopic (exact) mass is 386 g/mol. The Kier molecular flexibility index (Phi) is 4.89. The standard InChI is InChI=1S/C19H19FN4O2S/c20-11-3-8-15-16(10-11)27-19(24-15)23-12-4-6-13(7-5-12)26-18-14(17(21)25)2-1-9-22-18/h1-3,8-10,12-13H,4-7H2,(H2,21,25)(H,23,24)/t12-,13-. The van der Waals surface area contributed by atoms with Gasteiger partial charge in [0, 0.05) is 12.2 Å². The van der Waals surface area contributed by atoms with Crippen LogP contribution in [0.15, 0.2) is 36.5 Å². The summed E-state index contributed by atoms with van der Waals surface area (Å²) in [6, 6.07) is 8.19. The van der Waals surface area contributed by atoms with Gasteiger partial charge in [-0.3, -0.25) is 4.79 Å². The van der Waals surface area contributed by atoms with Gasteiger partial charge in [-0.1, -0.05) is 11.3 Å². The average molecular weight is 386 g/mol. The number of rotatable bonds is 5. The SMILES string of the molecule is NC(=O)c1cccnc1O[C@H]1CC[C@H](Nc2nc3ccc(F)cc3s2)CC1. The number of primary amides is 1. The third kappa shape index (κ3) is 4.00. The van der Waals surface area contributed by atoms with Gasteiger partial charge in [0.2, 0.25) is 5.88 Å². The average Bonchev–Trinajstić information content (AvgIpc) is 3.05. The number of ether oxygens (including phenoxy) is 1. The summed E-state index contributed by atoms with van der Waals surface area (Å²) in [5, 5.41) is 4.25. The molecule has 140 valence electrons. The number of hydrogen-bond acceptors (Lipinski definition) is 6. The molecule has 0 spiro atoms. The van der Waals surface area contributed by atoms with Crippen molar-refractivity contribution < 1.29 is 13.9 Å². The summed E-state index contributed by atoms with van der Waals surface area (Å²) in [6.07, 6.45) is 5.09. The van der Waals surface area contributed by atoms with Crippen LogP contribution in [0.25, 0.3) is 10.2 Å². The number of thiazole rings is 1. The third-order valence-corrected chi connectivity index (χ3v) is 5.62. The van der Waals surface area contributed by atoms with E-state index in [0.717, 1.165) is 41.0 Å². The highest BCUT2D eigenvalue weighted by Crippen LogP contribution is 2.30. The lowest BCUT2D eigenvalue weighted by Gasteiger charge is -2.29. The lowest BCUT2D eigenvalue weighted by molar-refractivity contribution is 0.0983. The van der Waals surface area contributed by atoms with Crippen molar-refractivity contribution in [2.45, 2.75) is 37.8 Å². The molecule has 4 rings (SSSR count). The fraction of sp³-hybridized carbons (Fsp3) is 0.316. The molecule has 0 atom stereocenters. The fourth-order valence-corrected chi connectivity index (χ4v) is 4.26. The summed E-state index contributed by atoms with van der Waals surface area (Å²) in [5.41, 5.74) is 6.48. The highest BCUT2D eigenvalue weighted by Gasteiger charge is 2.24. The second kappa shape index (κ2) is 7.48. The molecule has 1 aliphatic carbocycles. The summed E-state index contributed by atoms with van der Waals surface area (Å²) in [6.45, 7) is 0. The molecule has 0 unspecified atom stereocenters. The van der Waals surface area contributed by atoms with Crippen LogP contribution in [0.1, 0.15) is 36.0 Å². The zero-order valence-corrected chi connectivity index (χ0v) is 15.3. The molecule has 1 aliphatic rings. The van der Waals surface area contributed by atoms with Crippen molar-refractivity contribution in [3.63, 3.8) is 0 Å². The molecule has 0 aliphatic heterocycles. The van der Waals surface area contributed by atoms with E-state index in [9.17, 15) is 9.18 Å². The molecule has 6 nitrogen and oxygen atoms in total. The number of carbonyl (C=O) groups is 1. The van der Waals surface area contributed by atoms with E-state index in [1.54, 1.807) is 24.4 Å². The summed E-state index contributed by atoms with van der Waals surface area (Å²) in [7, 11) is 0. The Bertz CT molecular complexity index is 969. The molecule has 3 aromatic rings. The summed E-state index contributed by atoms with van der Waals surface area (Å²) in [4.78, 5) is 20.1. The van der Waals surface area contributed by atoms with E-state index in [1.165, 1.54) is 23.5 Å². The number of benzene rings is 1. The van der Waals surface area contributed by atoms with E-state index in [1.807, 2.05) is 0 Å². The summed E-state index contributed by atoms with van der Waals surface area (Å²) in [5.74, 6) is -0.490. The number of anilines is 1. The van der Waals surface area contributed by atoms with Crippen LogP contribution in [-0.2, 0) is 0 Å². The highest BCUT2D eigenvalue weighted by molar-refractivity contribution is 7.22. The van der Waals surface area contributed by atoms with Gasteiger partial charge in [0.15, 0.2) is 5.13 Å². The van der Waals surface area contributed by atoms with Crippen molar-refractivity contribution in [3.05, 3.63) is 47.9 Å². The minimum absolute atomic E-state index is 0.000475. The Morgan fingerprint density at radius 2 is 2.07 bits per heavy atom. The highest BCUT2D eigenvalue weighted by atomic mass is 32.1. The predicted octanol–water partition coefficient (Wildman–Crippen LogP) is 3.73. The smallest absolute Gasteiger partial charge is 0.254 e. The first-order valence-corrected chi connectivity index (χ1v) is 9.64.